The molecule has 14 heavy (non-hydrogen) atoms. The van der Waals surface area contributed by atoms with E-state index < -0.39 is 0 Å². The van der Waals surface area contributed by atoms with Crippen LogP contribution in [0, 0.1) is 0 Å². The topological polar surface area (TPSA) is 53.7 Å². The largest absolute Gasteiger partial charge is 0.494 e. The second-order valence-corrected chi connectivity index (χ2v) is 3.10. The van der Waals surface area contributed by atoms with Crippen molar-refractivity contribution in [1.29, 1.82) is 0 Å². The highest BCUT2D eigenvalue weighted by Gasteiger charge is 2.22. The molecule has 2 rings (SSSR count). The molecular formula is C10H13NO3. The first-order valence-corrected chi connectivity index (χ1v) is 4.44. The van der Waals surface area contributed by atoms with E-state index in [0.29, 0.717) is 23.8 Å². The molecule has 0 aliphatic carbocycles. The molecule has 1 aliphatic heterocycles. The first kappa shape index (κ1) is 8.99. The fraction of sp³-hybridized carbons (Fsp3) is 0.400. The maximum Gasteiger partial charge on any atom is 0.152 e. The molecule has 1 aliphatic rings. The van der Waals surface area contributed by atoms with Gasteiger partial charge in [-0.1, -0.05) is 0 Å². The zero-order chi connectivity index (χ0) is 10.1. The number of hydrogen-bond acceptors (Lipinski definition) is 4. The number of anilines is 1. The molecule has 1 heterocycles. The molecule has 0 saturated heterocycles. The van der Waals surface area contributed by atoms with Crippen LogP contribution >= 0.6 is 0 Å². The summed E-state index contributed by atoms with van der Waals surface area (Å²) >= 11 is 0. The lowest BCUT2D eigenvalue weighted by atomic mass is 10.1. The summed E-state index contributed by atoms with van der Waals surface area (Å²) < 4.78 is 15.8. The van der Waals surface area contributed by atoms with Gasteiger partial charge in [0.15, 0.2) is 5.75 Å². The maximum atomic E-state index is 5.87. The van der Waals surface area contributed by atoms with Crippen LogP contribution in [0.5, 0.6) is 17.2 Å². The summed E-state index contributed by atoms with van der Waals surface area (Å²) in [4.78, 5) is 0. The van der Waals surface area contributed by atoms with Crippen molar-refractivity contribution in [1.82, 2.24) is 0 Å². The highest BCUT2D eigenvalue weighted by atomic mass is 16.5. The van der Waals surface area contributed by atoms with E-state index in [9.17, 15) is 0 Å². The van der Waals surface area contributed by atoms with E-state index >= 15 is 0 Å². The molecule has 0 aromatic heterocycles. The van der Waals surface area contributed by atoms with Gasteiger partial charge in [0.2, 0.25) is 0 Å². The van der Waals surface area contributed by atoms with Crippen LogP contribution < -0.4 is 19.9 Å². The minimum absolute atomic E-state index is 0.541. The number of ether oxygens (including phenoxy) is 3. The Balaban J connectivity index is 2.60. The van der Waals surface area contributed by atoms with Crippen LogP contribution in [0.4, 0.5) is 5.69 Å². The lowest BCUT2D eigenvalue weighted by Crippen LogP contribution is -1.99. The molecule has 1 aromatic carbocycles. The molecule has 2 N–H and O–H groups in total. The van der Waals surface area contributed by atoms with Gasteiger partial charge in [0.25, 0.3) is 0 Å². The van der Waals surface area contributed by atoms with Gasteiger partial charge in [-0.15, -0.1) is 0 Å². The molecule has 0 saturated carbocycles. The molecule has 0 bridgehead atoms. The molecule has 0 unspecified atom stereocenters. The smallest absolute Gasteiger partial charge is 0.152 e. The van der Waals surface area contributed by atoms with Gasteiger partial charge in [-0.25, -0.2) is 0 Å². The number of nitrogen functional groups attached to an aromatic ring is 1. The van der Waals surface area contributed by atoms with Crippen LogP contribution in [-0.2, 0) is 6.42 Å². The van der Waals surface area contributed by atoms with Crippen LogP contribution in [0.1, 0.15) is 5.56 Å². The first-order chi connectivity index (χ1) is 6.77. The lowest BCUT2D eigenvalue weighted by molar-refractivity contribution is 0.352. The van der Waals surface area contributed by atoms with E-state index in [2.05, 4.69) is 0 Å². The molecule has 1 aromatic rings. The van der Waals surface area contributed by atoms with E-state index in [1.165, 1.54) is 0 Å². The summed E-state index contributed by atoms with van der Waals surface area (Å²) in [5.41, 5.74) is 7.45. The Hall–Kier alpha value is -1.58. The number of methoxy groups -OCH3 is 2. The van der Waals surface area contributed by atoms with Gasteiger partial charge in [-0.3, -0.25) is 0 Å². The van der Waals surface area contributed by atoms with Gasteiger partial charge in [0.1, 0.15) is 17.2 Å². The normalized spacial score (nSPS) is 13.3. The first-order valence-electron chi connectivity index (χ1n) is 4.44. The predicted octanol–water partition coefficient (Wildman–Crippen LogP) is 1.22. The number of hydrogen-bond donors (Lipinski definition) is 1. The second-order valence-electron chi connectivity index (χ2n) is 3.10. The van der Waals surface area contributed by atoms with Crippen molar-refractivity contribution in [3.05, 3.63) is 11.6 Å². The average molecular weight is 195 g/mol. The Morgan fingerprint density at radius 3 is 2.79 bits per heavy atom. The molecule has 0 spiro atoms. The summed E-state index contributed by atoms with van der Waals surface area (Å²) in [5.74, 6) is 2.09. The summed E-state index contributed by atoms with van der Waals surface area (Å²) in [7, 11) is 3.18. The zero-order valence-electron chi connectivity index (χ0n) is 8.29. The monoisotopic (exact) mass is 195 g/mol. The van der Waals surface area contributed by atoms with E-state index in [-0.39, 0.29) is 0 Å². The Morgan fingerprint density at radius 1 is 1.36 bits per heavy atom. The fourth-order valence-electron chi connectivity index (χ4n) is 1.70. The second kappa shape index (κ2) is 3.29. The number of rotatable bonds is 2. The summed E-state index contributed by atoms with van der Waals surface area (Å²) in [5, 5.41) is 0. The molecule has 4 heteroatoms. The number of nitrogens with two attached hydrogens (primary N) is 1. The minimum atomic E-state index is 0.541. The van der Waals surface area contributed by atoms with E-state index in [1.54, 1.807) is 20.3 Å². The van der Waals surface area contributed by atoms with Crippen molar-refractivity contribution in [3.63, 3.8) is 0 Å². The lowest BCUT2D eigenvalue weighted by Gasteiger charge is -2.12. The molecule has 0 radical (unpaired) electrons. The van der Waals surface area contributed by atoms with E-state index in [1.807, 2.05) is 0 Å². The molecular weight excluding hydrogens is 182 g/mol. The van der Waals surface area contributed by atoms with Gasteiger partial charge in [-0.2, -0.15) is 0 Å². The van der Waals surface area contributed by atoms with Crippen LogP contribution in [0.25, 0.3) is 0 Å². The van der Waals surface area contributed by atoms with Crippen molar-refractivity contribution in [2.24, 2.45) is 0 Å². The highest BCUT2D eigenvalue weighted by molar-refractivity contribution is 5.70. The molecule has 0 fully saturated rings. The van der Waals surface area contributed by atoms with Crippen molar-refractivity contribution >= 4 is 5.69 Å². The van der Waals surface area contributed by atoms with Crippen molar-refractivity contribution in [3.8, 4) is 17.2 Å². The van der Waals surface area contributed by atoms with E-state index in [0.717, 1.165) is 17.7 Å². The van der Waals surface area contributed by atoms with Crippen LogP contribution in [0.3, 0.4) is 0 Å². The Bertz CT molecular complexity index is 362. The third-order valence-corrected chi connectivity index (χ3v) is 2.38. The Morgan fingerprint density at radius 2 is 2.14 bits per heavy atom. The van der Waals surface area contributed by atoms with Crippen LogP contribution in [0.15, 0.2) is 6.07 Å². The molecule has 0 amide bonds. The van der Waals surface area contributed by atoms with E-state index in [4.69, 9.17) is 19.9 Å². The third-order valence-electron chi connectivity index (χ3n) is 2.38. The third kappa shape index (κ3) is 1.14. The number of benzene rings is 1. The summed E-state index contributed by atoms with van der Waals surface area (Å²) in [6, 6.07) is 1.81. The van der Waals surface area contributed by atoms with Crippen molar-refractivity contribution in [2.75, 3.05) is 26.6 Å². The van der Waals surface area contributed by atoms with Gasteiger partial charge in [-0.05, 0) is 0 Å². The fourth-order valence-corrected chi connectivity index (χ4v) is 1.70. The van der Waals surface area contributed by atoms with Gasteiger partial charge in [0.05, 0.1) is 20.8 Å². The standard InChI is InChI=1S/C10H13NO3/c1-12-8-5-7-6(3-4-14-7)10(13-2)9(8)11/h5H,3-4,11H2,1-2H3. The SMILES string of the molecule is COc1cc2c(c(OC)c1N)CCO2. The summed E-state index contributed by atoms with van der Waals surface area (Å²) in [6.45, 7) is 0.679. The van der Waals surface area contributed by atoms with Crippen molar-refractivity contribution in [2.45, 2.75) is 6.42 Å². The highest BCUT2D eigenvalue weighted by Crippen LogP contribution is 2.43. The van der Waals surface area contributed by atoms with Crippen molar-refractivity contribution < 1.29 is 14.2 Å². The average Bonchev–Trinajstić information content (AvgIpc) is 2.64. The zero-order valence-corrected chi connectivity index (χ0v) is 8.29. The Kier molecular flexibility index (Phi) is 2.11. The van der Waals surface area contributed by atoms with Crippen LogP contribution in [-0.4, -0.2) is 20.8 Å². The molecule has 0 atom stereocenters. The molecule has 76 valence electrons. The maximum absolute atomic E-state index is 5.87. The number of fused-ring (bicyclic) bond motifs is 1. The predicted molar refractivity (Wildman–Crippen MR) is 53.2 cm³/mol. The van der Waals surface area contributed by atoms with Crippen LogP contribution in [0.2, 0.25) is 0 Å². The Labute approximate surface area is 82.6 Å². The minimum Gasteiger partial charge on any atom is -0.494 e. The molecule has 4 nitrogen and oxygen atoms in total. The van der Waals surface area contributed by atoms with Gasteiger partial charge >= 0.3 is 0 Å². The quantitative estimate of drug-likeness (QED) is 0.721. The summed E-state index contributed by atoms with van der Waals surface area (Å²) in [6.07, 6.45) is 0.840. The van der Waals surface area contributed by atoms with Gasteiger partial charge in [0, 0.05) is 18.1 Å². The van der Waals surface area contributed by atoms with Gasteiger partial charge < -0.3 is 19.9 Å².